The lowest BCUT2D eigenvalue weighted by Gasteiger charge is -2.08. The minimum Gasteiger partial charge on any atom is -0.497 e. The first-order valence-electron chi connectivity index (χ1n) is 8.30. The Morgan fingerprint density at radius 1 is 0.920 bits per heavy atom. The van der Waals surface area contributed by atoms with E-state index in [1.807, 2.05) is 36.5 Å². The van der Waals surface area contributed by atoms with Gasteiger partial charge in [0.2, 0.25) is 0 Å². The Kier molecular flexibility index (Phi) is 3.94. The highest BCUT2D eigenvalue weighted by Crippen LogP contribution is 2.27. The van der Waals surface area contributed by atoms with Crippen molar-refractivity contribution >= 4 is 27.6 Å². The molecule has 2 aromatic carbocycles. The second-order valence-electron chi connectivity index (χ2n) is 6.11. The molecule has 4 nitrogen and oxygen atoms in total. The second kappa shape index (κ2) is 6.40. The molecule has 0 spiro atoms. The van der Waals surface area contributed by atoms with Gasteiger partial charge in [0, 0.05) is 17.0 Å². The second-order valence-corrected chi connectivity index (χ2v) is 6.11. The molecule has 124 valence electrons. The van der Waals surface area contributed by atoms with E-state index in [2.05, 4.69) is 34.2 Å². The number of hydrogen-bond acceptors (Lipinski definition) is 4. The number of rotatable bonds is 4. The average molecular weight is 329 g/mol. The molecule has 0 unspecified atom stereocenters. The number of nitrogen functional groups attached to an aromatic ring is 1. The highest BCUT2D eigenvalue weighted by atomic mass is 16.5. The molecule has 2 N–H and O–H groups in total. The molecule has 0 atom stereocenters. The lowest BCUT2D eigenvalue weighted by molar-refractivity contribution is 0.414. The highest BCUT2D eigenvalue weighted by molar-refractivity contribution is 6.08. The predicted molar refractivity (Wildman–Crippen MR) is 102 cm³/mol. The quantitative estimate of drug-likeness (QED) is 0.571. The summed E-state index contributed by atoms with van der Waals surface area (Å²) in [6.45, 7) is 0. The molecule has 4 rings (SSSR count). The smallest absolute Gasteiger partial charge is 0.150 e. The topological polar surface area (TPSA) is 61.0 Å². The van der Waals surface area contributed by atoms with Gasteiger partial charge in [-0.1, -0.05) is 30.3 Å². The standard InChI is InChI=1S/C21H19N3O/c1-25-16-6-4-5-14(11-16)9-10-15-12-18-17-7-2-3-8-19(17)24-21(22)20(18)23-13-15/h2-8,11-13H,9-10H2,1H3,(H2,22,24). The van der Waals surface area contributed by atoms with Gasteiger partial charge in [0.25, 0.3) is 0 Å². The van der Waals surface area contributed by atoms with Crippen molar-refractivity contribution < 1.29 is 4.74 Å². The van der Waals surface area contributed by atoms with Crippen molar-refractivity contribution in [3.8, 4) is 5.75 Å². The molecule has 0 radical (unpaired) electrons. The van der Waals surface area contributed by atoms with Crippen molar-refractivity contribution in [1.29, 1.82) is 0 Å². The van der Waals surface area contributed by atoms with Crippen LogP contribution in [-0.2, 0) is 12.8 Å². The lowest BCUT2D eigenvalue weighted by Crippen LogP contribution is -1.98. The zero-order valence-corrected chi connectivity index (χ0v) is 14.1. The van der Waals surface area contributed by atoms with E-state index in [-0.39, 0.29) is 0 Å². The summed E-state index contributed by atoms with van der Waals surface area (Å²) in [5.74, 6) is 1.37. The molecule has 0 amide bonds. The number of fused-ring (bicyclic) bond motifs is 3. The maximum Gasteiger partial charge on any atom is 0.150 e. The van der Waals surface area contributed by atoms with Gasteiger partial charge in [0.1, 0.15) is 11.3 Å². The van der Waals surface area contributed by atoms with Crippen LogP contribution < -0.4 is 10.5 Å². The van der Waals surface area contributed by atoms with Gasteiger partial charge in [-0.2, -0.15) is 0 Å². The first-order chi connectivity index (χ1) is 12.2. The number of hydrogen-bond donors (Lipinski definition) is 1. The number of para-hydroxylation sites is 1. The van der Waals surface area contributed by atoms with Crippen LogP contribution in [0.25, 0.3) is 21.8 Å². The van der Waals surface area contributed by atoms with Gasteiger partial charge >= 0.3 is 0 Å². The number of anilines is 1. The molecule has 2 heterocycles. The number of nitrogens with two attached hydrogens (primary N) is 1. The van der Waals surface area contributed by atoms with Crippen molar-refractivity contribution in [3.05, 3.63) is 71.9 Å². The van der Waals surface area contributed by atoms with Crippen LogP contribution in [0.15, 0.2) is 60.8 Å². The number of ether oxygens (including phenoxy) is 1. The van der Waals surface area contributed by atoms with Gasteiger partial charge in [-0.25, -0.2) is 4.98 Å². The minimum absolute atomic E-state index is 0.480. The first-order valence-corrected chi connectivity index (χ1v) is 8.30. The van der Waals surface area contributed by atoms with Crippen LogP contribution in [0.3, 0.4) is 0 Å². The number of methoxy groups -OCH3 is 1. The van der Waals surface area contributed by atoms with Crippen LogP contribution in [0.2, 0.25) is 0 Å². The third-order valence-electron chi connectivity index (χ3n) is 4.46. The Hall–Kier alpha value is -3.14. The molecule has 25 heavy (non-hydrogen) atoms. The van der Waals surface area contributed by atoms with Gasteiger partial charge in [0.15, 0.2) is 5.82 Å². The molecular weight excluding hydrogens is 310 g/mol. The SMILES string of the molecule is COc1cccc(CCc2cnc3c(N)nc4ccccc4c3c2)c1. The van der Waals surface area contributed by atoms with Gasteiger partial charge in [-0.15, -0.1) is 0 Å². The summed E-state index contributed by atoms with van der Waals surface area (Å²) in [5.41, 5.74) is 10.2. The van der Waals surface area contributed by atoms with Crippen LogP contribution in [0.4, 0.5) is 5.82 Å². The van der Waals surface area contributed by atoms with Crippen molar-refractivity contribution in [2.24, 2.45) is 0 Å². The summed E-state index contributed by atoms with van der Waals surface area (Å²) >= 11 is 0. The van der Waals surface area contributed by atoms with Crippen LogP contribution >= 0.6 is 0 Å². The Balaban J connectivity index is 1.69. The fraction of sp³-hybridized carbons (Fsp3) is 0.143. The van der Waals surface area contributed by atoms with Crippen LogP contribution in [0.1, 0.15) is 11.1 Å². The molecule has 0 aliphatic carbocycles. The Bertz CT molecular complexity index is 1060. The van der Waals surface area contributed by atoms with E-state index >= 15 is 0 Å². The van der Waals surface area contributed by atoms with Gasteiger partial charge in [-0.05, 0) is 48.2 Å². The van der Waals surface area contributed by atoms with E-state index in [1.54, 1.807) is 7.11 Å². The number of aryl methyl sites for hydroxylation is 2. The van der Waals surface area contributed by atoms with Crippen LogP contribution in [0, 0.1) is 0 Å². The molecule has 0 saturated carbocycles. The molecule has 0 saturated heterocycles. The Morgan fingerprint density at radius 3 is 2.64 bits per heavy atom. The minimum atomic E-state index is 0.480. The Labute approximate surface area is 146 Å². The summed E-state index contributed by atoms with van der Waals surface area (Å²) in [7, 11) is 1.69. The largest absolute Gasteiger partial charge is 0.497 e. The van der Waals surface area contributed by atoms with Gasteiger partial charge < -0.3 is 10.5 Å². The maximum absolute atomic E-state index is 6.08. The molecule has 4 heteroatoms. The monoisotopic (exact) mass is 329 g/mol. The third kappa shape index (κ3) is 2.98. The number of nitrogens with zero attached hydrogens (tertiary/aromatic N) is 2. The number of benzene rings is 2. The summed E-state index contributed by atoms with van der Waals surface area (Å²) < 4.78 is 5.29. The van der Waals surface area contributed by atoms with E-state index in [0.717, 1.165) is 40.4 Å². The van der Waals surface area contributed by atoms with Crippen LogP contribution in [-0.4, -0.2) is 17.1 Å². The Morgan fingerprint density at radius 2 is 1.76 bits per heavy atom. The van der Waals surface area contributed by atoms with Crippen LogP contribution in [0.5, 0.6) is 5.75 Å². The van der Waals surface area contributed by atoms with Crippen molar-refractivity contribution in [2.75, 3.05) is 12.8 Å². The van der Waals surface area contributed by atoms with Crippen molar-refractivity contribution in [1.82, 2.24) is 9.97 Å². The predicted octanol–water partition coefficient (Wildman–Crippen LogP) is 4.16. The first kappa shape index (κ1) is 15.4. The highest BCUT2D eigenvalue weighted by Gasteiger charge is 2.08. The van der Waals surface area contributed by atoms with E-state index in [0.29, 0.717) is 5.82 Å². The van der Waals surface area contributed by atoms with Gasteiger partial charge in [-0.3, -0.25) is 4.98 Å². The summed E-state index contributed by atoms with van der Waals surface area (Å²) in [6, 6.07) is 18.4. The number of aromatic nitrogens is 2. The van der Waals surface area contributed by atoms with E-state index in [9.17, 15) is 0 Å². The summed E-state index contributed by atoms with van der Waals surface area (Å²) in [5, 5.41) is 2.15. The third-order valence-corrected chi connectivity index (χ3v) is 4.46. The molecule has 2 aromatic heterocycles. The van der Waals surface area contributed by atoms with Crippen molar-refractivity contribution in [2.45, 2.75) is 12.8 Å². The average Bonchev–Trinajstić information content (AvgIpc) is 2.66. The fourth-order valence-electron chi connectivity index (χ4n) is 3.15. The van der Waals surface area contributed by atoms with Gasteiger partial charge in [0.05, 0.1) is 12.6 Å². The number of pyridine rings is 2. The molecule has 0 fully saturated rings. The fourth-order valence-corrected chi connectivity index (χ4v) is 3.15. The summed E-state index contributed by atoms with van der Waals surface area (Å²) in [6.07, 6.45) is 3.74. The summed E-state index contributed by atoms with van der Waals surface area (Å²) in [4.78, 5) is 9.01. The zero-order chi connectivity index (χ0) is 17.2. The normalized spacial score (nSPS) is 11.1. The van der Waals surface area contributed by atoms with Crippen molar-refractivity contribution in [3.63, 3.8) is 0 Å². The maximum atomic E-state index is 6.08. The molecule has 4 aromatic rings. The molecule has 0 bridgehead atoms. The van der Waals surface area contributed by atoms with E-state index < -0.39 is 0 Å². The zero-order valence-electron chi connectivity index (χ0n) is 14.1. The molecule has 0 aliphatic rings. The van der Waals surface area contributed by atoms with E-state index in [1.165, 1.54) is 11.1 Å². The molecule has 0 aliphatic heterocycles. The lowest BCUT2D eigenvalue weighted by atomic mass is 10.0. The molecular formula is C21H19N3O. The van der Waals surface area contributed by atoms with E-state index in [4.69, 9.17) is 10.5 Å².